The fourth-order valence-corrected chi connectivity index (χ4v) is 11.0. The third-order valence-corrected chi connectivity index (χ3v) is 14.6. The van der Waals surface area contributed by atoms with Gasteiger partial charge >= 0.3 is 0 Å². The van der Waals surface area contributed by atoms with Gasteiger partial charge in [-0.2, -0.15) is 12.1 Å². The second kappa shape index (κ2) is 20.4. The average molecular weight is 1200 g/mol. The van der Waals surface area contributed by atoms with Crippen molar-refractivity contribution in [2.24, 2.45) is 0 Å². The molecular formula is C72H63N4OPt-3. The topological polar surface area (TPSA) is 33.5 Å². The zero-order valence-corrected chi connectivity index (χ0v) is 47.7. The number of hydrogen-bond donors (Lipinski definition) is 0. The first-order valence-corrected chi connectivity index (χ1v) is 26.4. The molecule has 9 aromatic carbocycles. The van der Waals surface area contributed by atoms with Crippen molar-refractivity contribution in [3.8, 4) is 61.8 Å². The fourth-order valence-electron chi connectivity index (χ4n) is 11.0. The van der Waals surface area contributed by atoms with Crippen molar-refractivity contribution in [3.05, 3.63) is 248 Å². The molecule has 0 aliphatic carbocycles. The van der Waals surface area contributed by atoms with Crippen LogP contribution in [0.25, 0.3) is 72.1 Å². The number of aromatic nitrogens is 2. The van der Waals surface area contributed by atoms with E-state index >= 15 is 0 Å². The Morgan fingerprint density at radius 1 is 0.474 bits per heavy atom. The van der Waals surface area contributed by atoms with E-state index < -0.39 is 11.5 Å². The van der Waals surface area contributed by atoms with Crippen molar-refractivity contribution in [1.82, 2.24) is 9.55 Å². The van der Waals surface area contributed by atoms with Crippen LogP contribution in [0.3, 0.4) is 0 Å². The number of para-hydroxylation sites is 4. The van der Waals surface area contributed by atoms with Crippen molar-refractivity contribution in [2.75, 3.05) is 9.80 Å². The van der Waals surface area contributed by atoms with Crippen LogP contribution in [0.15, 0.2) is 212 Å². The number of pyridine rings is 1. The predicted molar refractivity (Wildman–Crippen MR) is 322 cm³/mol. The third kappa shape index (κ3) is 9.64. The summed E-state index contributed by atoms with van der Waals surface area (Å²) in [6, 6.07) is 67.2. The normalized spacial score (nSPS) is 13.6. The van der Waals surface area contributed by atoms with Crippen LogP contribution >= 0.6 is 0 Å². The van der Waals surface area contributed by atoms with E-state index in [1.54, 1.807) is 6.20 Å². The van der Waals surface area contributed by atoms with E-state index in [0.29, 0.717) is 22.9 Å². The van der Waals surface area contributed by atoms with Gasteiger partial charge in [0, 0.05) is 78.0 Å². The van der Waals surface area contributed by atoms with E-state index in [-0.39, 0.29) is 61.6 Å². The Bertz CT molecular complexity index is 4300. The Hall–Kier alpha value is -7.98. The summed E-state index contributed by atoms with van der Waals surface area (Å²) in [6.07, 6.45) is 1.64. The maximum absolute atomic E-state index is 8.85. The van der Waals surface area contributed by atoms with Gasteiger partial charge in [0.1, 0.15) is 5.82 Å². The minimum Gasteiger partial charge on any atom is -0.509 e. The molecule has 0 unspecified atom stereocenters. The molecule has 0 saturated carbocycles. The van der Waals surface area contributed by atoms with Crippen molar-refractivity contribution in [2.45, 2.75) is 78.6 Å². The number of fused-ring (bicyclic) bond motifs is 4. The van der Waals surface area contributed by atoms with E-state index in [0.717, 1.165) is 66.8 Å². The Morgan fingerprint density at radius 2 is 1.10 bits per heavy atom. The molecule has 0 saturated heterocycles. The van der Waals surface area contributed by atoms with Crippen LogP contribution in [0.4, 0.5) is 22.7 Å². The Labute approximate surface area is 482 Å². The van der Waals surface area contributed by atoms with Gasteiger partial charge in [-0.05, 0) is 96.5 Å². The first kappa shape index (κ1) is 46.1. The molecule has 1 aliphatic heterocycles. The molecule has 0 atom stereocenters. The van der Waals surface area contributed by atoms with Gasteiger partial charge in [-0.1, -0.05) is 213 Å². The molecule has 11 aromatic rings. The molecule has 1 aliphatic rings. The molecule has 78 heavy (non-hydrogen) atoms. The van der Waals surface area contributed by atoms with E-state index in [4.69, 9.17) is 16.6 Å². The molecule has 0 radical (unpaired) electrons. The number of rotatable bonds is 9. The number of ether oxygens (including phenoxy) is 1. The molecule has 5 nitrogen and oxygen atoms in total. The molecule has 2 aromatic heterocycles. The summed E-state index contributed by atoms with van der Waals surface area (Å²) in [5.74, 6) is 1.57. The standard InChI is InChI=1S/C72H63N4O.Pt/c1-70(2,3)61-34-18-16-30-56(61)59-33-23-32-55(50-38-40-54(48-24-12-10-13-25-48)62(42-50)71(4,5)6)69(59)75-47-74(65-36-20-21-37-66(65)75)51-28-22-29-52(43-51)77-53-39-41-58-57-31-17-19-35-64(57)76(67(58)44-53)68-45-63(72(7,8)9)60(46-73-68)49-26-14-11-15-27-49;/h10-42,45-47H,1-9H3;/q-3;/i11D,14D,15D,26D,27D;. The van der Waals surface area contributed by atoms with Gasteiger partial charge in [0.15, 0.2) is 0 Å². The predicted octanol–water partition coefficient (Wildman–Crippen LogP) is 19.5. The van der Waals surface area contributed by atoms with Crippen LogP contribution in [-0.4, -0.2) is 9.55 Å². The van der Waals surface area contributed by atoms with E-state index in [1.807, 2.05) is 69.3 Å². The fraction of sp³-hybridized carbons (Fsp3) is 0.167. The van der Waals surface area contributed by atoms with Gasteiger partial charge in [-0.3, -0.25) is 0 Å². The number of nitrogens with zero attached hydrogens (tertiary/aromatic N) is 4. The summed E-state index contributed by atoms with van der Waals surface area (Å²) < 4.78 is 51.7. The minimum absolute atomic E-state index is 0. The van der Waals surface area contributed by atoms with Crippen molar-refractivity contribution in [3.63, 3.8) is 0 Å². The molecule has 12 rings (SSSR count). The molecule has 3 heterocycles. The van der Waals surface area contributed by atoms with Gasteiger partial charge in [0.05, 0.1) is 6.85 Å². The van der Waals surface area contributed by atoms with Crippen LogP contribution in [-0.2, 0) is 37.3 Å². The molecular weight excluding hydrogens is 1130 g/mol. The summed E-state index contributed by atoms with van der Waals surface area (Å²) in [5.41, 5.74) is 15.6. The maximum Gasteiger partial charge on any atom is 0.135 e. The molecule has 0 bridgehead atoms. The first-order chi connectivity index (χ1) is 39.2. The number of benzene rings is 9. The quantitative estimate of drug-likeness (QED) is 0.135. The monoisotopic (exact) mass is 1200 g/mol. The second-order valence-electron chi connectivity index (χ2n) is 23.0. The van der Waals surface area contributed by atoms with Crippen LogP contribution in [0.5, 0.6) is 11.5 Å². The van der Waals surface area contributed by atoms with Crippen LogP contribution in [0.2, 0.25) is 0 Å². The Balaban J connectivity index is 0.00000721. The molecule has 0 spiro atoms. The first-order valence-electron chi connectivity index (χ1n) is 28.9. The van der Waals surface area contributed by atoms with Gasteiger partial charge < -0.3 is 19.1 Å². The van der Waals surface area contributed by atoms with E-state index in [1.165, 1.54) is 27.8 Å². The van der Waals surface area contributed by atoms with E-state index in [2.05, 4.69) is 202 Å². The summed E-state index contributed by atoms with van der Waals surface area (Å²) in [6.45, 7) is 22.1. The smallest absolute Gasteiger partial charge is 0.135 e. The Kier molecular flexibility index (Phi) is 12.1. The van der Waals surface area contributed by atoms with Crippen molar-refractivity contribution in [1.29, 1.82) is 0 Å². The van der Waals surface area contributed by atoms with Gasteiger partial charge in [0.2, 0.25) is 0 Å². The van der Waals surface area contributed by atoms with Gasteiger partial charge in [-0.25, -0.2) is 4.98 Å². The molecule has 390 valence electrons. The van der Waals surface area contributed by atoms with Crippen LogP contribution < -0.4 is 14.5 Å². The molecule has 6 heteroatoms. The summed E-state index contributed by atoms with van der Waals surface area (Å²) >= 11 is 0. The summed E-state index contributed by atoms with van der Waals surface area (Å²) in [4.78, 5) is 9.52. The molecule has 0 amide bonds. The van der Waals surface area contributed by atoms with Crippen LogP contribution in [0, 0.1) is 18.8 Å². The zero-order chi connectivity index (χ0) is 57.6. The van der Waals surface area contributed by atoms with Gasteiger partial charge in [-0.15, -0.1) is 48.1 Å². The third-order valence-electron chi connectivity index (χ3n) is 14.6. The van der Waals surface area contributed by atoms with Crippen LogP contribution in [0.1, 0.15) is 85.9 Å². The maximum atomic E-state index is 8.85. The molecule has 0 fully saturated rings. The van der Waals surface area contributed by atoms with Crippen molar-refractivity contribution < 1.29 is 32.7 Å². The minimum atomic E-state index is -0.508. The Morgan fingerprint density at radius 3 is 1.86 bits per heavy atom. The number of hydrogen-bond acceptors (Lipinski definition) is 4. The summed E-state index contributed by atoms with van der Waals surface area (Å²) in [7, 11) is 0. The molecule has 0 N–H and O–H groups in total. The zero-order valence-electron chi connectivity index (χ0n) is 50.4. The van der Waals surface area contributed by atoms with Gasteiger partial charge in [0.25, 0.3) is 0 Å². The SMILES string of the molecule is [2H]c1c([2H])c([2H])c(-c2cnc(-n3c4[c-]c(Oc5[c-]c(N6[CH-]N(c7c(-c8ccc(-c9ccccc9)c(C(C)(C)C)c8)cccc7-c7ccccc7C(C)(C)C)c7ccccc76)ccc5)ccc4c4ccccc43)cc2C(C)(C)C)c([2H])c1[2H].[Pt]. The van der Waals surface area contributed by atoms with E-state index in [9.17, 15) is 0 Å². The second-order valence-corrected chi connectivity index (χ2v) is 23.0. The average Bonchev–Trinajstić information content (AvgIpc) is 4.19. The largest absolute Gasteiger partial charge is 0.509 e. The number of anilines is 4. The summed E-state index contributed by atoms with van der Waals surface area (Å²) in [5, 5.41) is 1.95. The van der Waals surface area contributed by atoms with Crippen molar-refractivity contribution >= 4 is 44.6 Å².